The zero-order valence-corrected chi connectivity index (χ0v) is 7.56. The van der Waals surface area contributed by atoms with Gasteiger partial charge in [0.2, 0.25) is 0 Å². The van der Waals surface area contributed by atoms with Crippen LogP contribution in [0.4, 0.5) is 0 Å². The van der Waals surface area contributed by atoms with Gasteiger partial charge in [-0.3, -0.25) is 0 Å². The van der Waals surface area contributed by atoms with Crippen molar-refractivity contribution in [2.45, 2.75) is 6.92 Å². The van der Waals surface area contributed by atoms with E-state index in [9.17, 15) is 0 Å². The summed E-state index contributed by atoms with van der Waals surface area (Å²) in [4.78, 5) is 4.37. The molecule has 0 aliphatic rings. The van der Waals surface area contributed by atoms with Crippen LogP contribution in [-0.4, -0.2) is 4.98 Å². The molecule has 59 valence electrons. The lowest BCUT2D eigenvalue weighted by Crippen LogP contribution is -1.75. The molecule has 1 aromatic heterocycles. The molecule has 0 aliphatic carbocycles. The Balaban J connectivity index is 2.45. The minimum atomic E-state index is 1.05. The number of aryl methyl sites for hydroxylation is 1. The van der Waals surface area contributed by atoms with E-state index in [-0.39, 0.29) is 0 Å². The third kappa shape index (κ3) is 1.38. The molecule has 1 heterocycles. The normalized spacial score (nSPS) is 10.1. The molecule has 0 saturated heterocycles. The van der Waals surface area contributed by atoms with Gasteiger partial charge in [-0.1, -0.05) is 24.3 Å². The summed E-state index contributed by atoms with van der Waals surface area (Å²) >= 11 is 1.66. The molecule has 2 rings (SSSR count). The molecule has 2 heteroatoms. The summed E-state index contributed by atoms with van der Waals surface area (Å²) in [7, 11) is 0. The number of hydrogen-bond acceptors (Lipinski definition) is 2. The first kappa shape index (κ1) is 7.50. The minimum absolute atomic E-state index is 1.05. The third-order valence-corrected chi connectivity index (χ3v) is 2.55. The smallest absolute Gasteiger partial charge is 0.124 e. The second-order valence-electron chi connectivity index (χ2n) is 2.57. The first-order chi connectivity index (χ1) is 5.86. The summed E-state index contributed by atoms with van der Waals surface area (Å²) in [5, 5.41) is 3.10. The van der Waals surface area contributed by atoms with Gasteiger partial charge < -0.3 is 0 Å². The van der Waals surface area contributed by atoms with Crippen molar-refractivity contribution < 1.29 is 0 Å². The van der Waals surface area contributed by atoms with Crippen LogP contribution < -0.4 is 0 Å². The molecule has 0 spiro atoms. The topological polar surface area (TPSA) is 12.9 Å². The summed E-state index contributed by atoms with van der Waals surface area (Å²) in [6.45, 7) is 2.00. The summed E-state index contributed by atoms with van der Waals surface area (Å²) < 4.78 is 0. The molecule has 12 heavy (non-hydrogen) atoms. The van der Waals surface area contributed by atoms with Crippen LogP contribution >= 0.6 is 11.3 Å². The largest absolute Gasteiger partial charge is 0.241 e. The van der Waals surface area contributed by atoms with Gasteiger partial charge in [-0.2, -0.15) is 0 Å². The van der Waals surface area contributed by atoms with Crippen LogP contribution in [0.15, 0.2) is 29.6 Å². The van der Waals surface area contributed by atoms with Crippen molar-refractivity contribution in [2.24, 2.45) is 0 Å². The fourth-order valence-corrected chi connectivity index (χ4v) is 1.79. The molecule has 0 amide bonds. The molecule has 1 radical (unpaired) electrons. The monoisotopic (exact) mass is 174 g/mol. The van der Waals surface area contributed by atoms with Gasteiger partial charge in [-0.15, -0.1) is 11.3 Å². The fraction of sp³-hybridized carbons (Fsp3) is 0.100. The molecular weight excluding hydrogens is 166 g/mol. The van der Waals surface area contributed by atoms with Crippen molar-refractivity contribution in [3.05, 3.63) is 41.4 Å². The van der Waals surface area contributed by atoms with Crippen LogP contribution in [0.1, 0.15) is 5.69 Å². The van der Waals surface area contributed by atoms with Gasteiger partial charge in [0.05, 0.1) is 0 Å². The van der Waals surface area contributed by atoms with Crippen molar-refractivity contribution in [1.29, 1.82) is 0 Å². The number of thiazole rings is 1. The van der Waals surface area contributed by atoms with E-state index >= 15 is 0 Å². The van der Waals surface area contributed by atoms with Crippen molar-refractivity contribution in [1.82, 2.24) is 4.98 Å². The summed E-state index contributed by atoms with van der Waals surface area (Å²) in [6, 6.07) is 11.0. The Morgan fingerprint density at radius 3 is 2.92 bits per heavy atom. The van der Waals surface area contributed by atoms with E-state index in [2.05, 4.69) is 16.4 Å². The van der Waals surface area contributed by atoms with Gasteiger partial charge in [-0.05, 0) is 13.0 Å². The highest BCUT2D eigenvalue weighted by molar-refractivity contribution is 7.13. The molecular formula is C10H8NS. The fourth-order valence-electron chi connectivity index (χ4n) is 1.00. The zero-order chi connectivity index (χ0) is 8.39. The average molecular weight is 174 g/mol. The van der Waals surface area contributed by atoms with E-state index in [0.717, 1.165) is 16.3 Å². The molecule has 2 aromatic rings. The predicted molar refractivity (Wildman–Crippen MR) is 51.1 cm³/mol. The highest BCUT2D eigenvalue weighted by Crippen LogP contribution is 2.21. The van der Waals surface area contributed by atoms with E-state index in [4.69, 9.17) is 0 Å². The van der Waals surface area contributed by atoms with E-state index in [1.54, 1.807) is 11.3 Å². The first-order valence-corrected chi connectivity index (χ1v) is 4.63. The summed E-state index contributed by atoms with van der Waals surface area (Å²) in [5.41, 5.74) is 2.16. The van der Waals surface area contributed by atoms with E-state index in [1.165, 1.54) is 0 Å². The Morgan fingerprint density at radius 1 is 1.42 bits per heavy atom. The predicted octanol–water partition coefficient (Wildman–Crippen LogP) is 2.92. The standard InChI is InChI=1S/C10H8NS/c1-8-7-12-10(11-8)9-5-3-2-4-6-9/h2-5,7H,1H3. The van der Waals surface area contributed by atoms with E-state index in [0.29, 0.717) is 0 Å². The zero-order valence-electron chi connectivity index (χ0n) is 6.74. The molecule has 0 N–H and O–H groups in total. The third-order valence-electron chi connectivity index (χ3n) is 1.56. The number of hydrogen-bond donors (Lipinski definition) is 0. The molecule has 0 fully saturated rings. The summed E-state index contributed by atoms with van der Waals surface area (Å²) in [6.07, 6.45) is 0. The van der Waals surface area contributed by atoms with Crippen LogP contribution in [0.2, 0.25) is 0 Å². The average Bonchev–Trinajstić information content (AvgIpc) is 2.54. The minimum Gasteiger partial charge on any atom is -0.241 e. The lowest BCUT2D eigenvalue weighted by Gasteiger charge is -1.91. The molecule has 0 unspecified atom stereocenters. The van der Waals surface area contributed by atoms with Crippen LogP contribution in [0, 0.1) is 13.0 Å². The number of nitrogens with zero attached hydrogens (tertiary/aromatic N) is 1. The summed E-state index contributed by atoms with van der Waals surface area (Å²) in [5.74, 6) is 0. The van der Waals surface area contributed by atoms with Gasteiger partial charge in [0.25, 0.3) is 0 Å². The first-order valence-electron chi connectivity index (χ1n) is 3.75. The number of benzene rings is 1. The second-order valence-corrected chi connectivity index (χ2v) is 3.43. The molecule has 1 nitrogen and oxygen atoms in total. The van der Waals surface area contributed by atoms with Crippen molar-refractivity contribution >= 4 is 11.3 Å². The van der Waals surface area contributed by atoms with Crippen molar-refractivity contribution in [3.8, 4) is 10.6 Å². The maximum atomic E-state index is 4.37. The Hall–Kier alpha value is -1.15. The number of aromatic nitrogens is 1. The van der Waals surface area contributed by atoms with Gasteiger partial charge in [-0.25, -0.2) is 4.98 Å². The van der Waals surface area contributed by atoms with Crippen LogP contribution in [0.3, 0.4) is 0 Å². The van der Waals surface area contributed by atoms with E-state index < -0.39 is 0 Å². The second kappa shape index (κ2) is 3.07. The van der Waals surface area contributed by atoms with Crippen LogP contribution in [0.5, 0.6) is 0 Å². The SMILES string of the molecule is Cc1csc(-c2[c]cccc2)n1. The van der Waals surface area contributed by atoms with Gasteiger partial charge in [0, 0.05) is 16.6 Å². The quantitative estimate of drug-likeness (QED) is 0.647. The highest BCUT2D eigenvalue weighted by atomic mass is 32.1. The Bertz CT molecular complexity index is 364. The maximum absolute atomic E-state index is 4.37. The molecule has 0 atom stereocenters. The van der Waals surface area contributed by atoms with Crippen molar-refractivity contribution in [3.63, 3.8) is 0 Å². The highest BCUT2D eigenvalue weighted by Gasteiger charge is 1.99. The maximum Gasteiger partial charge on any atom is 0.124 e. The molecule has 0 bridgehead atoms. The Morgan fingerprint density at radius 2 is 2.33 bits per heavy atom. The molecule has 0 saturated carbocycles. The van der Waals surface area contributed by atoms with Gasteiger partial charge in [0.15, 0.2) is 0 Å². The Labute approximate surface area is 75.7 Å². The number of rotatable bonds is 1. The van der Waals surface area contributed by atoms with Crippen LogP contribution in [-0.2, 0) is 0 Å². The van der Waals surface area contributed by atoms with Crippen molar-refractivity contribution in [2.75, 3.05) is 0 Å². The molecule has 0 aliphatic heterocycles. The van der Waals surface area contributed by atoms with Gasteiger partial charge in [0.1, 0.15) is 5.01 Å². The lowest BCUT2D eigenvalue weighted by atomic mass is 10.2. The Kier molecular flexibility index (Phi) is 1.92. The van der Waals surface area contributed by atoms with Gasteiger partial charge >= 0.3 is 0 Å². The lowest BCUT2D eigenvalue weighted by molar-refractivity contribution is 1.27. The van der Waals surface area contributed by atoms with E-state index in [1.807, 2.05) is 31.2 Å². The molecule has 1 aromatic carbocycles. The van der Waals surface area contributed by atoms with Crippen LogP contribution in [0.25, 0.3) is 10.6 Å².